The molecule has 0 aromatic heterocycles. The minimum Gasteiger partial charge on any atom is -0.400 e. The Hall–Kier alpha value is -1.32. The molecule has 1 unspecified atom stereocenters. The summed E-state index contributed by atoms with van der Waals surface area (Å²) in [6.07, 6.45) is 6.85. The lowest BCUT2D eigenvalue weighted by Crippen LogP contribution is -2.33. The van der Waals surface area contributed by atoms with E-state index in [0.29, 0.717) is 17.9 Å². The van der Waals surface area contributed by atoms with E-state index in [1.165, 1.54) is 36.8 Å². The van der Waals surface area contributed by atoms with Gasteiger partial charge < -0.3 is 15.7 Å². The molecule has 1 aromatic rings. The Morgan fingerprint density at radius 1 is 0.963 bits per heavy atom. The number of hydrogen-bond donors (Lipinski definition) is 3. The van der Waals surface area contributed by atoms with Crippen molar-refractivity contribution < 1.29 is 5.11 Å². The van der Waals surface area contributed by atoms with E-state index in [1.54, 1.807) is 6.20 Å². The van der Waals surface area contributed by atoms with Crippen LogP contribution in [0, 0.1) is 5.92 Å². The van der Waals surface area contributed by atoms with Gasteiger partial charge in [0.15, 0.2) is 0 Å². The van der Waals surface area contributed by atoms with Crippen molar-refractivity contribution in [2.24, 2.45) is 5.92 Å². The molecule has 158 valence electrons. The fourth-order valence-electron chi connectivity index (χ4n) is 2.81. The zero-order valence-corrected chi connectivity index (χ0v) is 19.0. The Morgan fingerprint density at radius 3 is 2.04 bits per heavy atom. The Labute approximate surface area is 169 Å². The molecule has 0 amide bonds. The normalized spacial score (nSPS) is 11.2. The maximum atomic E-state index is 7.00. The van der Waals surface area contributed by atoms with E-state index in [-0.39, 0.29) is 0 Å². The number of unbranched alkanes of at least 4 members (excludes halogenated alkanes) is 2. The van der Waals surface area contributed by atoms with Crippen LogP contribution in [0.2, 0.25) is 0 Å². The summed E-state index contributed by atoms with van der Waals surface area (Å²) in [5.41, 5.74) is 2.80. The van der Waals surface area contributed by atoms with Gasteiger partial charge in [-0.2, -0.15) is 0 Å². The smallest absolute Gasteiger partial charge is 0.0319 e. The van der Waals surface area contributed by atoms with Crippen LogP contribution in [-0.2, 0) is 6.54 Å². The van der Waals surface area contributed by atoms with Crippen molar-refractivity contribution in [3.05, 3.63) is 48.2 Å². The van der Waals surface area contributed by atoms with Crippen molar-refractivity contribution in [3.63, 3.8) is 0 Å². The quantitative estimate of drug-likeness (QED) is 0.400. The molecule has 0 spiro atoms. The first-order valence-electron chi connectivity index (χ1n) is 10.7. The first-order valence-corrected chi connectivity index (χ1v) is 10.7. The third kappa shape index (κ3) is 14.4. The number of rotatable bonds is 12. The second kappa shape index (κ2) is 19.4. The molecule has 3 nitrogen and oxygen atoms in total. The van der Waals surface area contributed by atoms with Crippen LogP contribution in [0.4, 0.5) is 0 Å². The Kier molecular flexibility index (Phi) is 20.1. The molecular formula is C24H46N2O. The van der Waals surface area contributed by atoms with Crippen molar-refractivity contribution >= 4 is 0 Å². The SMILES string of the molecule is C=CNCCCCCC(NCc1ccc(C(C)C)cc1)C(C)C.CC.CO. The first-order chi connectivity index (χ1) is 13.0. The number of hydrogen-bond acceptors (Lipinski definition) is 3. The molecule has 0 fully saturated rings. The lowest BCUT2D eigenvalue weighted by atomic mass is 9.97. The van der Waals surface area contributed by atoms with Crippen LogP contribution >= 0.6 is 0 Å². The predicted molar refractivity (Wildman–Crippen MR) is 122 cm³/mol. The van der Waals surface area contributed by atoms with Gasteiger partial charge in [0.1, 0.15) is 0 Å². The molecule has 0 aliphatic rings. The fraction of sp³-hybridized carbons (Fsp3) is 0.667. The van der Waals surface area contributed by atoms with Crippen LogP contribution in [0.1, 0.15) is 84.3 Å². The van der Waals surface area contributed by atoms with Gasteiger partial charge in [-0.25, -0.2) is 0 Å². The van der Waals surface area contributed by atoms with Crippen molar-refractivity contribution in [1.29, 1.82) is 0 Å². The van der Waals surface area contributed by atoms with Gasteiger partial charge in [0, 0.05) is 26.2 Å². The maximum Gasteiger partial charge on any atom is 0.0319 e. The summed E-state index contributed by atoms with van der Waals surface area (Å²) < 4.78 is 0. The molecule has 3 heteroatoms. The summed E-state index contributed by atoms with van der Waals surface area (Å²) in [6.45, 7) is 18.8. The summed E-state index contributed by atoms with van der Waals surface area (Å²) in [7, 11) is 1.00. The lowest BCUT2D eigenvalue weighted by Gasteiger charge is -2.23. The highest BCUT2D eigenvalue weighted by molar-refractivity contribution is 5.24. The highest BCUT2D eigenvalue weighted by Gasteiger charge is 2.12. The Morgan fingerprint density at radius 2 is 1.56 bits per heavy atom. The van der Waals surface area contributed by atoms with Gasteiger partial charge in [0.25, 0.3) is 0 Å². The number of aliphatic hydroxyl groups is 1. The molecule has 0 aliphatic heterocycles. The number of nitrogens with one attached hydrogen (secondary N) is 2. The van der Waals surface area contributed by atoms with E-state index in [0.717, 1.165) is 20.2 Å². The third-order valence-corrected chi connectivity index (χ3v) is 4.50. The van der Waals surface area contributed by atoms with Gasteiger partial charge in [-0.3, -0.25) is 0 Å². The van der Waals surface area contributed by atoms with Gasteiger partial charge in [-0.15, -0.1) is 0 Å². The van der Waals surface area contributed by atoms with Crippen LogP contribution in [0.5, 0.6) is 0 Å². The zero-order chi connectivity index (χ0) is 21.1. The van der Waals surface area contributed by atoms with Crippen LogP contribution in [0.25, 0.3) is 0 Å². The van der Waals surface area contributed by atoms with Crippen LogP contribution < -0.4 is 10.6 Å². The minimum atomic E-state index is 0.604. The number of aliphatic hydroxyl groups excluding tert-OH is 1. The summed E-state index contributed by atoms with van der Waals surface area (Å²) in [6, 6.07) is 9.66. The Bertz CT molecular complexity index is 427. The molecule has 0 saturated carbocycles. The van der Waals surface area contributed by atoms with Crippen LogP contribution in [-0.4, -0.2) is 24.8 Å². The topological polar surface area (TPSA) is 44.3 Å². The van der Waals surface area contributed by atoms with Gasteiger partial charge in [-0.1, -0.05) is 85.2 Å². The van der Waals surface area contributed by atoms with Crippen LogP contribution in [0.3, 0.4) is 0 Å². The standard InChI is InChI=1S/C21H36N2.C2H6.CH4O/c1-6-22-15-9-7-8-10-21(18(4)5)23-16-19-11-13-20(14-12-19)17(2)3;2*1-2/h6,11-14,17-18,21-23H,1,7-10,15-16H2,2-5H3;1-2H3;2H,1H3. The molecule has 0 bridgehead atoms. The summed E-state index contributed by atoms with van der Waals surface area (Å²) in [4.78, 5) is 0. The molecule has 1 aromatic carbocycles. The number of benzene rings is 1. The highest BCUT2D eigenvalue weighted by Crippen LogP contribution is 2.16. The molecule has 0 radical (unpaired) electrons. The molecule has 3 N–H and O–H groups in total. The van der Waals surface area contributed by atoms with E-state index >= 15 is 0 Å². The minimum absolute atomic E-state index is 0.604. The average Bonchev–Trinajstić information content (AvgIpc) is 2.70. The van der Waals surface area contributed by atoms with E-state index in [2.05, 4.69) is 69.2 Å². The molecule has 1 atom stereocenters. The summed E-state index contributed by atoms with van der Waals surface area (Å²) in [5, 5.41) is 13.9. The average molecular weight is 379 g/mol. The van der Waals surface area contributed by atoms with E-state index in [4.69, 9.17) is 5.11 Å². The summed E-state index contributed by atoms with van der Waals surface area (Å²) >= 11 is 0. The lowest BCUT2D eigenvalue weighted by molar-refractivity contribution is 0.363. The van der Waals surface area contributed by atoms with Crippen molar-refractivity contribution in [3.8, 4) is 0 Å². The van der Waals surface area contributed by atoms with Crippen molar-refractivity contribution in [1.82, 2.24) is 10.6 Å². The predicted octanol–water partition coefficient (Wildman–Crippen LogP) is 5.85. The fourth-order valence-corrected chi connectivity index (χ4v) is 2.81. The van der Waals surface area contributed by atoms with E-state index < -0.39 is 0 Å². The molecule has 0 saturated heterocycles. The molecule has 27 heavy (non-hydrogen) atoms. The van der Waals surface area contributed by atoms with Gasteiger partial charge >= 0.3 is 0 Å². The van der Waals surface area contributed by atoms with Gasteiger partial charge in [0.2, 0.25) is 0 Å². The second-order valence-electron chi connectivity index (χ2n) is 7.14. The second-order valence-corrected chi connectivity index (χ2v) is 7.14. The van der Waals surface area contributed by atoms with Gasteiger partial charge in [0.05, 0.1) is 0 Å². The van der Waals surface area contributed by atoms with Crippen molar-refractivity contribution in [2.45, 2.75) is 85.7 Å². The van der Waals surface area contributed by atoms with Gasteiger partial charge in [-0.05, 0) is 42.0 Å². The molecule has 0 heterocycles. The Balaban J connectivity index is 0. The maximum absolute atomic E-state index is 7.00. The van der Waals surface area contributed by atoms with Crippen LogP contribution in [0.15, 0.2) is 37.0 Å². The highest BCUT2D eigenvalue weighted by atomic mass is 16.2. The zero-order valence-electron chi connectivity index (χ0n) is 19.0. The molecule has 1 rings (SSSR count). The monoisotopic (exact) mass is 378 g/mol. The van der Waals surface area contributed by atoms with E-state index in [1.807, 2.05) is 13.8 Å². The molecule has 0 aliphatic carbocycles. The largest absolute Gasteiger partial charge is 0.400 e. The summed E-state index contributed by atoms with van der Waals surface area (Å²) in [5.74, 6) is 1.28. The first kappa shape index (κ1) is 27.9. The molecular weight excluding hydrogens is 332 g/mol. The van der Waals surface area contributed by atoms with E-state index in [9.17, 15) is 0 Å². The third-order valence-electron chi connectivity index (χ3n) is 4.50. The van der Waals surface area contributed by atoms with Crippen molar-refractivity contribution in [2.75, 3.05) is 13.7 Å².